The summed E-state index contributed by atoms with van der Waals surface area (Å²) in [5, 5.41) is 8.92. The maximum Gasteiger partial charge on any atom is 0.129 e. The summed E-state index contributed by atoms with van der Waals surface area (Å²) in [6.07, 6.45) is 4.64. The molecule has 0 radical (unpaired) electrons. The van der Waals surface area contributed by atoms with Crippen molar-refractivity contribution in [3.63, 3.8) is 0 Å². The van der Waals surface area contributed by atoms with Crippen molar-refractivity contribution in [3.8, 4) is 0 Å². The van der Waals surface area contributed by atoms with Crippen LogP contribution in [0.1, 0.15) is 24.4 Å². The van der Waals surface area contributed by atoms with Gasteiger partial charge in [-0.3, -0.25) is 4.90 Å². The minimum atomic E-state index is -0.0237. The van der Waals surface area contributed by atoms with Crippen LogP contribution in [-0.2, 0) is 13.2 Å². The zero-order valence-corrected chi connectivity index (χ0v) is 9.56. The fourth-order valence-corrected chi connectivity index (χ4v) is 1.86. The second-order valence-electron chi connectivity index (χ2n) is 4.45. The highest BCUT2D eigenvalue weighted by molar-refractivity contribution is 5.06. The number of furan rings is 1. The van der Waals surface area contributed by atoms with Crippen molar-refractivity contribution in [3.05, 3.63) is 36.3 Å². The highest BCUT2D eigenvalue weighted by atomic mass is 16.4. The summed E-state index contributed by atoms with van der Waals surface area (Å²) >= 11 is 0. The Labute approximate surface area is 96.4 Å². The van der Waals surface area contributed by atoms with E-state index in [1.807, 2.05) is 18.2 Å². The molecule has 0 saturated heterocycles. The average Bonchev–Trinajstić information content (AvgIpc) is 2.96. The molecule has 0 aliphatic heterocycles. The molecule has 1 N–H and O–H groups in total. The van der Waals surface area contributed by atoms with Crippen LogP contribution in [0.25, 0.3) is 0 Å². The average molecular weight is 221 g/mol. The van der Waals surface area contributed by atoms with Gasteiger partial charge in [-0.1, -0.05) is 6.08 Å². The zero-order chi connectivity index (χ0) is 11.4. The number of aliphatic hydroxyl groups is 1. The normalized spacial score (nSPS) is 15.6. The van der Waals surface area contributed by atoms with E-state index < -0.39 is 0 Å². The number of hydrogen-bond acceptors (Lipinski definition) is 3. The first-order chi connectivity index (χ1) is 7.81. The molecule has 0 unspecified atom stereocenters. The van der Waals surface area contributed by atoms with Crippen molar-refractivity contribution in [1.29, 1.82) is 0 Å². The van der Waals surface area contributed by atoms with Gasteiger partial charge in [0, 0.05) is 13.1 Å². The van der Waals surface area contributed by atoms with E-state index in [9.17, 15) is 0 Å². The summed E-state index contributed by atoms with van der Waals surface area (Å²) in [4.78, 5) is 2.34. The van der Waals surface area contributed by atoms with E-state index in [1.54, 1.807) is 0 Å². The number of nitrogens with zero attached hydrogens (tertiary/aromatic N) is 1. The Morgan fingerprint density at radius 3 is 2.75 bits per heavy atom. The van der Waals surface area contributed by atoms with Crippen LogP contribution in [0.3, 0.4) is 0 Å². The van der Waals surface area contributed by atoms with Gasteiger partial charge in [-0.05, 0) is 30.9 Å². The molecule has 16 heavy (non-hydrogen) atoms. The predicted octanol–water partition coefficient (Wildman–Crippen LogP) is 2.17. The number of rotatable bonds is 7. The fraction of sp³-hybridized carbons (Fsp3) is 0.538. The van der Waals surface area contributed by atoms with Crippen LogP contribution < -0.4 is 0 Å². The van der Waals surface area contributed by atoms with Gasteiger partial charge in [0.25, 0.3) is 0 Å². The van der Waals surface area contributed by atoms with E-state index in [1.165, 1.54) is 12.8 Å². The molecule has 0 bridgehead atoms. The summed E-state index contributed by atoms with van der Waals surface area (Å²) < 4.78 is 5.49. The van der Waals surface area contributed by atoms with E-state index >= 15 is 0 Å². The van der Waals surface area contributed by atoms with Gasteiger partial charge < -0.3 is 9.52 Å². The number of hydrogen-bond donors (Lipinski definition) is 1. The lowest BCUT2D eigenvalue weighted by Gasteiger charge is -2.18. The molecule has 1 aromatic rings. The molecule has 0 atom stereocenters. The quantitative estimate of drug-likeness (QED) is 0.717. The van der Waals surface area contributed by atoms with Crippen LogP contribution in [0.5, 0.6) is 0 Å². The Balaban J connectivity index is 1.89. The smallest absolute Gasteiger partial charge is 0.129 e. The fourth-order valence-electron chi connectivity index (χ4n) is 1.86. The van der Waals surface area contributed by atoms with Gasteiger partial charge in [0.1, 0.15) is 18.1 Å². The first-order valence-corrected chi connectivity index (χ1v) is 5.83. The molecule has 1 aliphatic carbocycles. The second kappa shape index (κ2) is 5.32. The zero-order valence-electron chi connectivity index (χ0n) is 9.56. The molecule has 0 spiro atoms. The molecule has 0 amide bonds. The highest BCUT2D eigenvalue weighted by Gasteiger charge is 2.24. The van der Waals surface area contributed by atoms with Gasteiger partial charge in [0.15, 0.2) is 0 Å². The summed E-state index contributed by atoms with van der Waals surface area (Å²) in [6, 6.07) is 3.77. The molecule has 1 heterocycles. The van der Waals surface area contributed by atoms with Crippen LogP contribution in [0.2, 0.25) is 0 Å². The SMILES string of the molecule is C=CCN(Cc1ccc(CO)o1)CC1CC1. The molecular formula is C13H19NO2. The summed E-state index contributed by atoms with van der Waals surface area (Å²) in [7, 11) is 0. The van der Waals surface area contributed by atoms with Crippen molar-refractivity contribution < 1.29 is 9.52 Å². The molecule has 88 valence electrons. The van der Waals surface area contributed by atoms with E-state index in [0.29, 0.717) is 5.76 Å². The molecule has 1 aliphatic rings. The minimum Gasteiger partial charge on any atom is -0.462 e. The Kier molecular flexibility index (Phi) is 3.80. The third-order valence-corrected chi connectivity index (χ3v) is 2.85. The van der Waals surface area contributed by atoms with Crippen molar-refractivity contribution in [2.45, 2.75) is 26.0 Å². The van der Waals surface area contributed by atoms with E-state index in [0.717, 1.165) is 31.3 Å². The molecule has 0 aromatic carbocycles. The molecule has 3 heteroatoms. The second-order valence-corrected chi connectivity index (χ2v) is 4.45. The lowest BCUT2D eigenvalue weighted by Crippen LogP contribution is -2.25. The third kappa shape index (κ3) is 3.22. The minimum absolute atomic E-state index is 0.0237. The third-order valence-electron chi connectivity index (χ3n) is 2.85. The van der Waals surface area contributed by atoms with Gasteiger partial charge in [-0.2, -0.15) is 0 Å². The first-order valence-electron chi connectivity index (χ1n) is 5.83. The van der Waals surface area contributed by atoms with E-state index in [4.69, 9.17) is 9.52 Å². The van der Waals surface area contributed by atoms with Crippen LogP contribution in [0.15, 0.2) is 29.2 Å². The maximum atomic E-state index is 8.92. The predicted molar refractivity (Wildman–Crippen MR) is 62.8 cm³/mol. The van der Waals surface area contributed by atoms with E-state index in [2.05, 4.69) is 11.5 Å². The lowest BCUT2D eigenvalue weighted by molar-refractivity contribution is 0.224. The Morgan fingerprint density at radius 1 is 1.44 bits per heavy atom. The monoisotopic (exact) mass is 221 g/mol. The molecule has 1 saturated carbocycles. The van der Waals surface area contributed by atoms with Gasteiger partial charge in [-0.25, -0.2) is 0 Å². The summed E-state index contributed by atoms with van der Waals surface area (Å²) in [6.45, 7) is 6.58. The molecular weight excluding hydrogens is 202 g/mol. The first kappa shape index (κ1) is 11.4. The highest BCUT2D eigenvalue weighted by Crippen LogP contribution is 2.30. The van der Waals surface area contributed by atoms with Crippen molar-refractivity contribution in [2.24, 2.45) is 5.92 Å². The standard InChI is InChI=1S/C13H19NO2/c1-2-7-14(8-11-3-4-11)9-12-5-6-13(10-15)16-12/h2,5-6,11,15H,1,3-4,7-10H2. The molecule has 1 aromatic heterocycles. The topological polar surface area (TPSA) is 36.6 Å². The molecule has 2 rings (SSSR count). The summed E-state index contributed by atoms with van der Waals surface area (Å²) in [5.74, 6) is 2.43. The van der Waals surface area contributed by atoms with Gasteiger partial charge >= 0.3 is 0 Å². The Hall–Kier alpha value is -1.06. The van der Waals surface area contributed by atoms with Gasteiger partial charge in [0.05, 0.1) is 6.54 Å². The summed E-state index contributed by atoms with van der Waals surface area (Å²) in [5.41, 5.74) is 0. The van der Waals surface area contributed by atoms with Gasteiger partial charge in [0.2, 0.25) is 0 Å². The molecule has 3 nitrogen and oxygen atoms in total. The molecule has 1 fully saturated rings. The van der Waals surface area contributed by atoms with Crippen LogP contribution in [0, 0.1) is 5.92 Å². The van der Waals surface area contributed by atoms with Crippen molar-refractivity contribution in [2.75, 3.05) is 13.1 Å². The van der Waals surface area contributed by atoms with E-state index in [-0.39, 0.29) is 6.61 Å². The van der Waals surface area contributed by atoms with Crippen molar-refractivity contribution >= 4 is 0 Å². The van der Waals surface area contributed by atoms with Crippen LogP contribution in [-0.4, -0.2) is 23.1 Å². The Morgan fingerprint density at radius 2 is 2.19 bits per heavy atom. The Bertz CT molecular complexity index is 341. The van der Waals surface area contributed by atoms with Crippen molar-refractivity contribution in [1.82, 2.24) is 4.90 Å². The van der Waals surface area contributed by atoms with Crippen LogP contribution in [0.4, 0.5) is 0 Å². The maximum absolute atomic E-state index is 8.92. The lowest BCUT2D eigenvalue weighted by atomic mass is 10.3. The largest absolute Gasteiger partial charge is 0.462 e. The number of aliphatic hydroxyl groups excluding tert-OH is 1. The van der Waals surface area contributed by atoms with Gasteiger partial charge in [-0.15, -0.1) is 6.58 Å². The van der Waals surface area contributed by atoms with Crippen LogP contribution >= 0.6 is 0 Å².